The SMILES string of the molecule is CCC1CCCCN1C(=O)c1cc(Cl)c2c(c1)OCCCO2. The number of carbonyl (C=O) groups is 1. The normalized spacial score (nSPS) is 21.4. The van der Waals surface area contributed by atoms with Crippen LogP contribution in [-0.4, -0.2) is 36.6 Å². The van der Waals surface area contributed by atoms with Crippen LogP contribution in [0.2, 0.25) is 5.02 Å². The van der Waals surface area contributed by atoms with E-state index < -0.39 is 0 Å². The predicted octanol–water partition coefficient (Wildman–Crippen LogP) is 3.91. The summed E-state index contributed by atoms with van der Waals surface area (Å²) in [5, 5.41) is 0.452. The highest BCUT2D eigenvalue weighted by molar-refractivity contribution is 6.32. The molecule has 22 heavy (non-hydrogen) atoms. The van der Waals surface area contributed by atoms with Crippen molar-refractivity contribution < 1.29 is 14.3 Å². The third-order valence-corrected chi connectivity index (χ3v) is 4.69. The molecule has 0 aliphatic carbocycles. The Bertz CT molecular complexity index is 561. The first-order valence-corrected chi connectivity index (χ1v) is 8.48. The number of benzene rings is 1. The molecule has 0 bridgehead atoms. The first-order chi connectivity index (χ1) is 10.7. The molecule has 4 nitrogen and oxygen atoms in total. The molecule has 1 amide bonds. The highest BCUT2D eigenvalue weighted by Crippen LogP contribution is 2.38. The Kier molecular flexibility index (Phi) is 4.77. The monoisotopic (exact) mass is 323 g/mol. The van der Waals surface area contributed by atoms with Gasteiger partial charge in [0.15, 0.2) is 11.5 Å². The smallest absolute Gasteiger partial charge is 0.254 e. The van der Waals surface area contributed by atoms with E-state index in [0.29, 0.717) is 41.3 Å². The molecule has 2 heterocycles. The number of hydrogen-bond donors (Lipinski definition) is 0. The molecule has 0 spiro atoms. The van der Waals surface area contributed by atoms with E-state index in [4.69, 9.17) is 21.1 Å². The zero-order chi connectivity index (χ0) is 15.5. The summed E-state index contributed by atoms with van der Waals surface area (Å²) in [4.78, 5) is 14.8. The molecule has 1 atom stereocenters. The first kappa shape index (κ1) is 15.5. The molecule has 5 heteroatoms. The van der Waals surface area contributed by atoms with E-state index in [0.717, 1.165) is 32.2 Å². The average molecular weight is 324 g/mol. The summed E-state index contributed by atoms with van der Waals surface area (Å²) >= 11 is 6.30. The second-order valence-corrected chi connectivity index (χ2v) is 6.30. The van der Waals surface area contributed by atoms with Crippen molar-refractivity contribution in [2.24, 2.45) is 0 Å². The fraction of sp³-hybridized carbons (Fsp3) is 0.588. The van der Waals surface area contributed by atoms with Crippen LogP contribution in [0.3, 0.4) is 0 Å². The molecule has 0 N–H and O–H groups in total. The number of hydrogen-bond acceptors (Lipinski definition) is 3. The van der Waals surface area contributed by atoms with Crippen molar-refractivity contribution in [3.63, 3.8) is 0 Å². The van der Waals surface area contributed by atoms with Crippen LogP contribution in [0.4, 0.5) is 0 Å². The largest absolute Gasteiger partial charge is 0.489 e. The van der Waals surface area contributed by atoms with Gasteiger partial charge in [-0.05, 0) is 37.8 Å². The molecule has 0 saturated carbocycles. The van der Waals surface area contributed by atoms with Gasteiger partial charge < -0.3 is 14.4 Å². The van der Waals surface area contributed by atoms with Crippen molar-refractivity contribution >= 4 is 17.5 Å². The number of fused-ring (bicyclic) bond motifs is 1. The van der Waals surface area contributed by atoms with Gasteiger partial charge in [-0.3, -0.25) is 4.79 Å². The standard InChI is InChI=1S/C17H22ClNO3/c1-2-13-6-3-4-7-19(13)17(20)12-10-14(18)16-15(11-12)21-8-5-9-22-16/h10-11,13H,2-9H2,1H3. The van der Waals surface area contributed by atoms with E-state index in [1.807, 2.05) is 4.90 Å². The molecule has 1 unspecified atom stereocenters. The lowest BCUT2D eigenvalue weighted by Gasteiger charge is -2.35. The minimum absolute atomic E-state index is 0.0455. The highest BCUT2D eigenvalue weighted by atomic mass is 35.5. The van der Waals surface area contributed by atoms with E-state index in [1.165, 1.54) is 6.42 Å². The van der Waals surface area contributed by atoms with Gasteiger partial charge in [0.25, 0.3) is 5.91 Å². The maximum Gasteiger partial charge on any atom is 0.254 e. The molecule has 120 valence electrons. The van der Waals surface area contributed by atoms with E-state index in [9.17, 15) is 4.79 Å². The first-order valence-electron chi connectivity index (χ1n) is 8.11. The fourth-order valence-corrected chi connectivity index (χ4v) is 3.48. The molecule has 0 aromatic heterocycles. The third kappa shape index (κ3) is 3.02. The lowest BCUT2D eigenvalue weighted by Crippen LogP contribution is -2.43. The molecule has 1 saturated heterocycles. The van der Waals surface area contributed by atoms with Crippen molar-refractivity contribution in [2.45, 2.75) is 45.1 Å². The van der Waals surface area contributed by atoms with Gasteiger partial charge in [0.05, 0.1) is 18.2 Å². The van der Waals surface area contributed by atoms with Crippen molar-refractivity contribution in [3.8, 4) is 11.5 Å². The second kappa shape index (κ2) is 6.78. The summed E-state index contributed by atoms with van der Waals surface area (Å²) in [6, 6.07) is 3.81. The Balaban J connectivity index is 1.89. The number of likely N-dealkylation sites (tertiary alicyclic amines) is 1. The van der Waals surface area contributed by atoms with Crippen LogP contribution < -0.4 is 9.47 Å². The molecule has 1 aromatic rings. The minimum atomic E-state index is 0.0455. The Morgan fingerprint density at radius 1 is 1.27 bits per heavy atom. The number of piperidine rings is 1. The van der Waals surface area contributed by atoms with Crippen LogP contribution in [0, 0.1) is 0 Å². The van der Waals surface area contributed by atoms with Gasteiger partial charge >= 0.3 is 0 Å². The maximum atomic E-state index is 12.9. The Morgan fingerprint density at radius 2 is 2.09 bits per heavy atom. The summed E-state index contributed by atoms with van der Waals surface area (Å²) in [6.07, 6.45) is 5.16. The van der Waals surface area contributed by atoms with Crippen molar-refractivity contribution in [2.75, 3.05) is 19.8 Å². The van der Waals surface area contributed by atoms with Crippen LogP contribution in [0.1, 0.15) is 49.4 Å². The molecule has 2 aliphatic rings. The van der Waals surface area contributed by atoms with Gasteiger partial charge in [0, 0.05) is 24.6 Å². The Labute approximate surface area is 136 Å². The zero-order valence-corrected chi connectivity index (χ0v) is 13.7. The molecular formula is C17H22ClNO3. The van der Waals surface area contributed by atoms with Crippen LogP contribution >= 0.6 is 11.6 Å². The second-order valence-electron chi connectivity index (χ2n) is 5.89. The molecular weight excluding hydrogens is 302 g/mol. The fourth-order valence-electron chi connectivity index (χ4n) is 3.21. The Morgan fingerprint density at radius 3 is 2.91 bits per heavy atom. The zero-order valence-electron chi connectivity index (χ0n) is 12.9. The number of carbonyl (C=O) groups excluding carboxylic acids is 1. The third-order valence-electron chi connectivity index (χ3n) is 4.41. The summed E-state index contributed by atoms with van der Waals surface area (Å²) in [7, 11) is 0. The van der Waals surface area contributed by atoms with Gasteiger partial charge in [0.2, 0.25) is 0 Å². The quantitative estimate of drug-likeness (QED) is 0.828. The van der Waals surface area contributed by atoms with Crippen molar-refractivity contribution in [1.82, 2.24) is 4.90 Å². The molecule has 0 radical (unpaired) electrons. The maximum absolute atomic E-state index is 12.9. The summed E-state index contributed by atoms with van der Waals surface area (Å²) < 4.78 is 11.3. The molecule has 1 fully saturated rings. The van der Waals surface area contributed by atoms with E-state index in [-0.39, 0.29) is 5.91 Å². The van der Waals surface area contributed by atoms with Crippen LogP contribution in [0.15, 0.2) is 12.1 Å². The summed E-state index contributed by atoms with van der Waals surface area (Å²) in [6.45, 7) is 4.13. The average Bonchev–Trinajstić information content (AvgIpc) is 2.80. The number of ether oxygens (including phenoxy) is 2. The summed E-state index contributed by atoms with van der Waals surface area (Å²) in [5.74, 6) is 1.18. The molecule has 2 aliphatic heterocycles. The van der Waals surface area contributed by atoms with Gasteiger partial charge in [-0.1, -0.05) is 18.5 Å². The predicted molar refractivity (Wildman–Crippen MR) is 86.0 cm³/mol. The topological polar surface area (TPSA) is 38.8 Å². The van der Waals surface area contributed by atoms with E-state index >= 15 is 0 Å². The minimum Gasteiger partial charge on any atom is -0.489 e. The van der Waals surface area contributed by atoms with Crippen LogP contribution in [0.5, 0.6) is 11.5 Å². The molecule has 3 rings (SSSR count). The molecule has 1 aromatic carbocycles. The van der Waals surface area contributed by atoms with E-state index in [2.05, 4.69) is 6.92 Å². The number of amides is 1. The summed E-state index contributed by atoms with van der Waals surface area (Å²) in [5.41, 5.74) is 0.592. The lowest BCUT2D eigenvalue weighted by molar-refractivity contribution is 0.0607. The van der Waals surface area contributed by atoms with Crippen molar-refractivity contribution in [3.05, 3.63) is 22.7 Å². The van der Waals surface area contributed by atoms with Crippen LogP contribution in [-0.2, 0) is 0 Å². The van der Waals surface area contributed by atoms with Gasteiger partial charge in [0.1, 0.15) is 0 Å². The van der Waals surface area contributed by atoms with Gasteiger partial charge in [-0.25, -0.2) is 0 Å². The number of nitrogens with zero attached hydrogens (tertiary/aromatic N) is 1. The highest BCUT2D eigenvalue weighted by Gasteiger charge is 2.28. The van der Waals surface area contributed by atoms with Gasteiger partial charge in [-0.15, -0.1) is 0 Å². The van der Waals surface area contributed by atoms with Gasteiger partial charge in [-0.2, -0.15) is 0 Å². The van der Waals surface area contributed by atoms with Crippen LogP contribution in [0.25, 0.3) is 0 Å². The van der Waals surface area contributed by atoms with E-state index in [1.54, 1.807) is 12.1 Å². The van der Waals surface area contributed by atoms with Crippen molar-refractivity contribution in [1.29, 1.82) is 0 Å². The Hall–Kier alpha value is -1.42. The number of halogens is 1. The number of rotatable bonds is 2. The lowest BCUT2D eigenvalue weighted by atomic mass is 9.99.